The van der Waals surface area contributed by atoms with Crippen molar-refractivity contribution in [3.05, 3.63) is 57.3 Å². The van der Waals surface area contributed by atoms with Gasteiger partial charge in [-0.15, -0.1) is 0 Å². The highest BCUT2D eigenvalue weighted by Gasteiger charge is 2.10. The first-order valence-corrected chi connectivity index (χ1v) is 9.11. The van der Waals surface area contributed by atoms with Gasteiger partial charge < -0.3 is 9.47 Å². The number of rotatable bonds is 6. The molecule has 1 aromatic heterocycles. The molecule has 2 aromatic carbocycles. The Morgan fingerprint density at radius 2 is 2.15 bits per heavy atom. The van der Waals surface area contributed by atoms with Crippen LogP contribution in [0.1, 0.15) is 12.5 Å². The van der Waals surface area contributed by atoms with E-state index in [2.05, 4.69) is 31.2 Å². The second-order valence-corrected chi connectivity index (χ2v) is 6.56. The molecule has 0 aliphatic heterocycles. The molecule has 8 heteroatoms. The van der Waals surface area contributed by atoms with Crippen LogP contribution in [0.15, 0.2) is 52.0 Å². The molecule has 26 heavy (non-hydrogen) atoms. The van der Waals surface area contributed by atoms with Gasteiger partial charge in [0.1, 0.15) is 11.5 Å². The largest absolute Gasteiger partial charge is 0.496 e. The summed E-state index contributed by atoms with van der Waals surface area (Å²) in [6.07, 6.45) is 1.69. The maximum absolute atomic E-state index is 5.55. The third-order valence-electron chi connectivity index (χ3n) is 3.56. The van der Waals surface area contributed by atoms with Gasteiger partial charge in [-0.1, -0.05) is 28.1 Å². The Hall–Kier alpha value is -2.45. The third kappa shape index (κ3) is 4.03. The van der Waals surface area contributed by atoms with E-state index in [4.69, 9.17) is 21.7 Å². The quantitative estimate of drug-likeness (QED) is 0.454. The second kappa shape index (κ2) is 8.29. The van der Waals surface area contributed by atoms with E-state index >= 15 is 0 Å². The summed E-state index contributed by atoms with van der Waals surface area (Å²) in [5, 5.41) is 11.6. The zero-order valence-electron chi connectivity index (χ0n) is 14.3. The van der Waals surface area contributed by atoms with Crippen LogP contribution in [-0.2, 0) is 0 Å². The van der Waals surface area contributed by atoms with Crippen molar-refractivity contribution in [2.24, 2.45) is 5.10 Å². The van der Waals surface area contributed by atoms with Crippen LogP contribution < -0.4 is 9.47 Å². The summed E-state index contributed by atoms with van der Waals surface area (Å²) in [6, 6.07) is 13.3. The molecular formula is C18H17BrN4O2S. The zero-order chi connectivity index (χ0) is 18.5. The highest BCUT2D eigenvalue weighted by Crippen LogP contribution is 2.24. The van der Waals surface area contributed by atoms with Gasteiger partial charge in [-0.3, -0.25) is 0 Å². The smallest absolute Gasteiger partial charge is 0.216 e. The summed E-state index contributed by atoms with van der Waals surface area (Å²) in [4.78, 5) is 0. The van der Waals surface area contributed by atoms with Gasteiger partial charge in [-0.05, 0) is 49.5 Å². The van der Waals surface area contributed by atoms with Gasteiger partial charge in [0, 0.05) is 15.6 Å². The van der Waals surface area contributed by atoms with Crippen molar-refractivity contribution in [3.8, 4) is 22.9 Å². The number of nitrogens with zero attached hydrogens (tertiary/aromatic N) is 3. The van der Waals surface area contributed by atoms with Crippen molar-refractivity contribution in [1.82, 2.24) is 14.9 Å². The number of hydrogen-bond donors (Lipinski definition) is 1. The van der Waals surface area contributed by atoms with Crippen molar-refractivity contribution < 1.29 is 9.47 Å². The number of aromatic amines is 1. The summed E-state index contributed by atoms with van der Waals surface area (Å²) in [5.74, 6) is 2.08. The number of aromatic nitrogens is 3. The molecule has 134 valence electrons. The van der Waals surface area contributed by atoms with E-state index in [0.29, 0.717) is 23.0 Å². The van der Waals surface area contributed by atoms with Crippen LogP contribution in [0.3, 0.4) is 0 Å². The van der Waals surface area contributed by atoms with Crippen LogP contribution in [0.5, 0.6) is 11.5 Å². The molecule has 6 nitrogen and oxygen atoms in total. The molecule has 3 rings (SSSR count). The molecule has 0 aliphatic rings. The first-order valence-electron chi connectivity index (χ1n) is 7.91. The summed E-state index contributed by atoms with van der Waals surface area (Å²) >= 11 is 8.77. The first-order chi connectivity index (χ1) is 12.6. The Labute approximate surface area is 164 Å². The fourth-order valence-electron chi connectivity index (χ4n) is 2.40. The van der Waals surface area contributed by atoms with E-state index in [9.17, 15) is 0 Å². The van der Waals surface area contributed by atoms with Gasteiger partial charge in [-0.2, -0.15) is 14.9 Å². The predicted molar refractivity (Wildman–Crippen MR) is 108 cm³/mol. The fraction of sp³-hybridized carbons (Fsp3) is 0.167. The van der Waals surface area contributed by atoms with Gasteiger partial charge in [0.25, 0.3) is 0 Å². The molecule has 0 fully saturated rings. The molecule has 0 aliphatic carbocycles. The lowest BCUT2D eigenvalue weighted by Gasteiger charge is -2.06. The standard InChI is InChI=1S/C18H17BrN4O2S/c1-3-25-15-6-4-5-12(10-15)17-21-22-18(26)23(17)20-11-13-9-14(19)7-8-16(13)24-2/h4-11H,3H2,1-2H3,(H,22,26). The minimum atomic E-state index is 0.395. The van der Waals surface area contributed by atoms with Crippen molar-refractivity contribution >= 4 is 34.4 Å². The predicted octanol–water partition coefficient (Wildman–Crippen LogP) is 4.66. The number of hydrogen-bond acceptors (Lipinski definition) is 5. The van der Waals surface area contributed by atoms with Crippen LogP contribution in [-0.4, -0.2) is 34.8 Å². The number of nitrogens with one attached hydrogen (secondary N) is 1. The average Bonchev–Trinajstić information content (AvgIpc) is 3.01. The van der Waals surface area contributed by atoms with E-state index in [1.165, 1.54) is 0 Å². The third-order valence-corrected chi connectivity index (χ3v) is 4.32. The normalized spacial score (nSPS) is 11.0. The van der Waals surface area contributed by atoms with Crippen molar-refractivity contribution in [2.45, 2.75) is 6.92 Å². The van der Waals surface area contributed by atoms with Gasteiger partial charge in [0.2, 0.25) is 4.77 Å². The molecule has 3 aromatic rings. The fourth-order valence-corrected chi connectivity index (χ4v) is 2.96. The Balaban J connectivity index is 2.00. The second-order valence-electron chi connectivity index (χ2n) is 5.26. The van der Waals surface area contributed by atoms with Gasteiger partial charge >= 0.3 is 0 Å². The van der Waals surface area contributed by atoms with E-state index in [0.717, 1.165) is 21.3 Å². The molecule has 1 heterocycles. The topological polar surface area (TPSA) is 64.4 Å². The van der Waals surface area contributed by atoms with Gasteiger partial charge in [0.05, 0.1) is 19.9 Å². The molecule has 1 N–H and O–H groups in total. The maximum atomic E-state index is 5.55. The molecule has 0 unspecified atom stereocenters. The maximum Gasteiger partial charge on any atom is 0.216 e. The van der Waals surface area contributed by atoms with Crippen LogP contribution in [0.2, 0.25) is 0 Å². The number of ether oxygens (including phenoxy) is 2. The van der Waals surface area contributed by atoms with Crippen LogP contribution >= 0.6 is 28.1 Å². The molecular weight excluding hydrogens is 416 g/mol. The van der Waals surface area contributed by atoms with Gasteiger partial charge in [-0.25, -0.2) is 5.10 Å². The molecule has 0 spiro atoms. The zero-order valence-corrected chi connectivity index (χ0v) is 16.7. The molecule has 0 amide bonds. The number of methoxy groups -OCH3 is 1. The van der Waals surface area contributed by atoms with Gasteiger partial charge in [0.15, 0.2) is 5.82 Å². The Bertz CT molecular complexity index is 997. The van der Waals surface area contributed by atoms with Crippen LogP contribution in [0.4, 0.5) is 0 Å². The summed E-state index contributed by atoms with van der Waals surface area (Å²) in [5.41, 5.74) is 1.67. The monoisotopic (exact) mass is 432 g/mol. The van der Waals surface area contributed by atoms with Crippen molar-refractivity contribution in [3.63, 3.8) is 0 Å². The van der Waals surface area contributed by atoms with Crippen LogP contribution in [0.25, 0.3) is 11.4 Å². The molecule has 0 saturated heterocycles. The Morgan fingerprint density at radius 3 is 2.92 bits per heavy atom. The highest BCUT2D eigenvalue weighted by atomic mass is 79.9. The number of H-pyrrole nitrogens is 1. The minimum absolute atomic E-state index is 0.395. The van der Waals surface area contributed by atoms with E-state index in [1.54, 1.807) is 18.0 Å². The average molecular weight is 433 g/mol. The summed E-state index contributed by atoms with van der Waals surface area (Å²) in [7, 11) is 1.62. The van der Waals surface area contributed by atoms with E-state index < -0.39 is 0 Å². The highest BCUT2D eigenvalue weighted by molar-refractivity contribution is 9.10. The van der Waals surface area contributed by atoms with Crippen LogP contribution in [0, 0.1) is 4.77 Å². The summed E-state index contributed by atoms with van der Waals surface area (Å²) < 4.78 is 13.8. The lowest BCUT2D eigenvalue weighted by Crippen LogP contribution is -1.97. The lowest BCUT2D eigenvalue weighted by atomic mass is 10.2. The Morgan fingerprint density at radius 1 is 1.31 bits per heavy atom. The molecule has 0 bridgehead atoms. The molecule has 0 saturated carbocycles. The first kappa shape index (κ1) is 18.3. The molecule has 0 radical (unpaired) electrons. The lowest BCUT2D eigenvalue weighted by molar-refractivity contribution is 0.340. The number of benzene rings is 2. The number of halogens is 1. The SMILES string of the molecule is CCOc1cccc(-c2n[nH]c(=S)n2N=Cc2cc(Br)ccc2OC)c1. The van der Waals surface area contributed by atoms with E-state index in [-0.39, 0.29) is 0 Å². The van der Waals surface area contributed by atoms with Crippen molar-refractivity contribution in [2.75, 3.05) is 13.7 Å². The van der Waals surface area contributed by atoms with Crippen molar-refractivity contribution in [1.29, 1.82) is 0 Å². The summed E-state index contributed by atoms with van der Waals surface area (Å²) in [6.45, 7) is 2.54. The Kier molecular flexibility index (Phi) is 5.85. The minimum Gasteiger partial charge on any atom is -0.496 e. The molecule has 0 atom stereocenters. The van der Waals surface area contributed by atoms with E-state index in [1.807, 2.05) is 49.4 Å².